The quantitative estimate of drug-likeness (QED) is 0.559. The first kappa shape index (κ1) is 24.6. The Hall–Kier alpha value is -1.99. The molecule has 0 aromatic heterocycles. The van der Waals surface area contributed by atoms with Crippen LogP contribution in [0.15, 0.2) is 24.3 Å². The van der Waals surface area contributed by atoms with Crippen LogP contribution in [0.4, 0.5) is 4.39 Å². The van der Waals surface area contributed by atoms with Crippen LogP contribution >= 0.6 is 0 Å². The zero-order chi connectivity index (χ0) is 23.5. The van der Waals surface area contributed by atoms with Crippen molar-refractivity contribution < 1.29 is 23.8 Å². The highest BCUT2D eigenvalue weighted by molar-refractivity contribution is 5.94. The number of nitrogens with one attached hydrogen (secondary N) is 2. The van der Waals surface area contributed by atoms with E-state index in [4.69, 9.17) is 4.74 Å². The summed E-state index contributed by atoms with van der Waals surface area (Å²) in [5.74, 6) is -1.22. The fourth-order valence-electron chi connectivity index (χ4n) is 6.01. The molecule has 0 bridgehead atoms. The van der Waals surface area contributed by atoms with Gasteiger partial charge in [0, 0.05) is 31.2 Å². The smallest absolute Gasteiger partial charge is 0.251 e. The topological polar surface area (TPSA) is 87.7 Å². The molecule has 0 spiro atoms. The minimum atomic E-state index is -0.624. The van der Waals surface area contributed by atoms with E-state index < -0.39 is 11.9 Å². The van der Waals surface area contributed by atoms with Gasteiger partial charge in [0.1, 0.15) is 5.82 Å². The summed E-state index contributed by atoms with van der Waals surface area (Å²) in [4.78, 5) is 25.3. The largest absolute Gasteiger partial charge is 0.392 e. The Balaban J connectivity index is 1.70. The van der Waals surface area contributed by atoms with E-state index >= 15 is 0 Å². The molecule has 6 nitrogen and oxygen atoms in total. The summed E-state index contributed by atoms with van der Waals surface area (Å²) in [5, 5.41) is 17.4. The fourth-order valence-corrected chi connectivity index (χ4v) is 6.01. The SMILES string of the molecule is COCCNC(=O)[C@@H](C)[C@@H]1CC[C@]2(C)CC[C@H](NC(=O)c3cccc(F)c3)[C@H](C)[C@@H]2[C@H]1O. The maximum atomic E-state index is 13.5. The number of hydrogen-bond donors (Lipinski definition) is 3. The van der Waals surface area contributed by atoms with Gasteiger partial charge in [0.2, 0.25) is 5.91 Å². The summed E-state index contributed by atoms with van der Waals surface area (Å²) in [6.45, 7) is 7.09. The molecule has 32 heavy (non-hydrogen) atoms. The minimum absolute atomic E-state index is 0.0259. The lowest BCUT2D eigenvalue weighted by atomic mass is 9.51. The van der Waals surface area contributed by atoms with Crippen LogP contribution in [0.1, 0.15) is 56.8 Å². The number of amides is 2. The number of aliphatic hydroxyl groups is 1. The lowest BCUT2D eigenvalue weighted by Crippen LogP contribution is -2.58. The third kappa shape index (κ3) is 5.15. The summed E-state index contributed by atoms with van der Waals surface area (Å²) in [6.07, 6.45) is 2.85. The first-order valence-electron chi connectivity index (χ1n) is 11.7. The van der Waals surface area contributed by atoms with E-state index in [1.54, 1.807) is 13.2 Å². The molecule has 3 N–H and O–H groups in total. The lowest BCUT2D eigenvalue weighted by molar-refractivity contribution is -0.142. The summed E-state index contributed by atoms with van der Waals surface area (Å²) in [6, 6.07) is 5.58. The molecule has 7 atom stereocenters. The molecule has 2 aliphatic rings. The molecule has 1 aromatic rings. The number of fused-ring (bicyclic) bond motifs is 1. The van der Waals surface area contributed by atoms with E-state index in [0.29, 0.717) is 18.7 Å². The third-order valence-corrected chi connectivity index (χ3v) is 7.95. The Morgan fingerprint density at radius 1 is 1.31 bits per heavy atom. The number of hydrogen-bond acceptors (Lipinski definition) is 4. The van der Waals surface area contributed by atoms with E-state index in [9.17, 15) is 19.1 Å². The van der Waals surface area contributed by atoms with Crippen LogP contribution < -0.4 is 10.6 Å². The number of carbonyl (C=O) groups is 2. The molecule has 1 aromatic carbocycles. The highest BCUT2D eigenvalue weighted by atomic mass is 19.1. The van der Waals surface area contributed by atoms with Crippen molar-refractivity contribution in [2.45, 2.75) is 58.6 Å². The van der Waals surface area contributed by atoms with Gasteiger partial charge in [-0.2, -0.15) is 0 Å². The molecule has 0 heterocycles. The number of ether oxygens (including phenoxy) is 1. The Kier molecular flexibility index (Phi) is 7.93. The summed E-state index contributed by atoms with van der Waals surface area (Å²) in [7, 11) is 1.59. The van der Waals surface area contributed by atoms with Crippen molar-refractivity contribution in [3.05, 3.63) is 35.6 Å². The molecule has 178 valence electrons. The number of benzene rings is 1. The molecule has 0 saturated heterocycles. The molecule has 7 heteroatoms. The maximum absolute atomic E-state index is 13.5. The van der Waals surface area contributed by atoms with Gasteiger partial charge in [-0.25, -0.2) is 4.39 Å². The predicted octanol–water partition coefficient (Wildman–Crippen LogP) is 3.15. The first-order chi connectivity index (χ1) is 15.2. The average molecular weight is 449 g/mol. The molecular formula is C25H37FN2O4. The lowest BCUT2D eigenvalue weighted by Gasteiger charge is -2.56. The van der Waals surface area contributed by atoms with Crippen LogP contribution in [0, 0.1) is 34.9 Å². The van der Waals surface area contributed by atoms with Gasteiger partial charge >= 0.3 is 0 Å². The fraction of sp³-hybridized carbons (Fsp3) is 0.680. The Labute approximate surface area is 190 Å². The molecule has 3 rings (SSSR count). The monoisotopic (exact) mass is 448 g/mol. The molecule has 2 fully saturated rings. The first-order valence-corrected chi connectivity index (χ1v) is 11.7. The van der Waals surface area contributed by atoms with Crippen LogP contribution in [-0.4, -0.2) is 49.3 Å². The Bertz CT molecular complexity index is 819. The van der Waals surface area contributed by atoms with Gasteiger partial charge < -0.3 is 20.5 Å². The molecule has 2 amide bonds. The van der Waals surface area contributed by atoms with Gasteiger partial charge in [-0.1, -0.05) is 26.8 Å². The average Bonchev–Trinajstić information content (AvgIpc) is 2.75. The van der Waals surface area contributed by atoms with Gasteiger partial charge in [0.05, 0.1) is 12.7 Å². The van der Waals surface area contributed by atoms with Crippen molar-refractivity contribution in [3.63, 3.8) is 0 Å². The zero-order valence-electron chi connectivity index (χ0n) is 19.6. The van der Waals surface area contributed by atoms with Gasteiger partial charge in [-0.3, -0.25) is 9.59 Å². The van der Waals surface area contributed by atoms with E-state index in [1.807, 2.05) is 6.92 Å². The second-order valence-electron chi connectivity index (χ2n) is 9.93. The number of methoxy groups -OCH3 is 1. The number of rotatable bonds is 7. The highest BCUT2D eigenvalue weighted by Crippen LogP contribution is 2.55. The van der Waals surface area contributed by atoms with Crippen LogP contribution in [0.25, 0.3) is 0 Å². The predicted molar refractivity (Wildman–Crippen MR) is 120 cm³/mol. The van der Waals surface area contributed by atoms with E-state index in [2.05, 4.69) is 24.5 Å². The summed E-state index contributed by atoms with van der Waals surface area (Å²) >= 11 is 0. The van der Waals surface area contributed by atoms with Crippen LogP contribution in [0.2, 0.25) is 0 Å². The summed E-state index contributed by atoms with van der Waals surface area (Å²) in [5.41, 5.74) is 0.274. The van der Waals surface area contributed by atoms with Gasteiger partial charge in [0.25, 0.3) is 5.91 Å². The van der Waals surface area contributed by atoms with E-state index in [-0.39, 0.29) is 46.9 Å². The van der Waals surface area contributed by atoms with Gasteiger partial charge in [0.15, 0.2) is 0 Å². The Morgan fingerprint density at radius 3 is 2.72 bits per heavy atom. The van der Waals surface area contributed by atoms with Gasteiger partial charge in [-0.15, -0.1) is 0 Å². The second kappa shape index (κ2) is 10.3. The molecule has 2 aliphatic carbocycles. The maximum Gasteiger partial charge on any atom is 0.251 e. The normalized spacial score (nSPS) is 33.1. The second-order valence-corrected chi connectivity index (χ2v) is 9.93. The number of halogens is 1. The van der Waals surface area contributed by atoms with Crippen molar-refractivity contribution in [1.29, 1.82) is 0 Å². The number of carbonyl (C=O) groups excluding carboxylic acids is 2. The van der Waals surface area contributed by atoms with Crippen LogP contribution in [0.3, 0.4) is 0 Å². The highest BCUT2D eigenvalue weighted by Gasteiger charge is 2.53. The summed E-state index contributed by atoms with van der Waals surface area (Å²) < 4.78 is 18.5. The molecule has 0 unspecified atom stereocenters. The standard InChI is InChI=1S/C25H37FN2O4/c1-15(23(30)27-12-13-32-4)19-8-10-25(3)11-9-20(16(2)21(25)22(19)29)28-24(31)17-6-5-7-18(26)14-17/h5-7,14-16,19-22,29H,8-13H2,1-4H3,(H,27,30)(H,28,31)/t15-,16-,19-,20-,21+,22-,25+/m0/s1. The molecule has 0 aliphatic heterocycles. The van der Waals surface area contributed by atoms with Crippen LogP contribution in [-0.2, 0) is 9.53 Å². The third-order valence-electron chi connectivity index (χ3n) is 7.95. The van der Waals surface area contributed by atoms with E-state index in [0.717, 1.165) is 25.7 Å². The van der Waals surface area contributed by atoms with Crippen molar-refractivity contribution in [2.75, 3.05) is 20.3 Å². The number of aliphatic hydroxyl groups excluding tert-OH is 1. The minimum Gasteiger partial charge on any atom is -0.392 e. The Morgan fingerprint density at radius 2 is 2.03 bits per heavy atom. The molecule has 0 radical (unpaired) electrons. The zero-order valence-corrected chi connectivity index (χ0v) is 19.6. The van der Waals surface area contributed by atoms with Crippen LogP contribution in [0.5, 0.6) is 0 Å². The molecule has 2 saturated carbocycles. The van der Waals surface area contributed by atoms with Gasteiger partial charge in [-0.05, 0) is 67.1 Å². The van der Waals surface area contributed by atoms with Crippen molar-refractivity contribution in [1.82, 2.24) is 10.6 Å². The van der Waals surface area contributed by atoms with Crippen molar-refractivity contribution in [3.8, 4) is 0 Å². The van der Waals surface area contributed by atoms with Crippen molar-refractivity contribution in [2.24, 2.45) is 29.1 Å². The molecular weight excluding hydrogens is 411 g/mol. The van der Waals surface area contributed by atoms with E-state index in [1.165, 1.54) is 18.2 Å². The van der Waals surface area contributed by atoms with Crippen molar-refractivity contribution >= 4 is 11.8 Å².